The molecule has 0 saturated carbocycles. The summed E-state index contributed by atoms with van der Waals surface area (Å²) < 4.78 is 50.5. The molecule has 0 aliphatic carbocycles. The molecule has 2 rings (SSSR count). The molecule has 0 aliphatic rings. The molecule has 9 heteroatoms. The van der Waals surface area contributed by atoms with Gasteiger partial charge >= 0.3 is 6.18 Å². The van der Waals surface area contributed by atoms with E-state index in [0.717, 1.165) is 23.4 Å². The molecular formula is C18H25F3N4O2. The number of aromatic nitrogens is 2. The second kappa shape index (κ2) is 9.20. The average Bonchev–Trinajstić information content (AvgIpc) is 3.00. The molecule has 1 aromatic carbocycles. The molecule has 1 unspecified atom stereocenters. The largest absolute Gasteiger partial charge is 0.491 e. The lowest BCUT2D eigenvalue weighted by molar-refractivity contribution is -0.137. The molecule has 0 fully saturated rings. The molecule has 2 aromatic rings. The number of nitrogens with one attached hydrogen (secondary N) is 3. The van der Waals surface area contributed by atoms with Gasteiger partial charge in [-0.2, -0.15) is 18.3 Å². The fraction of sp³-hybridized carbons (Fsp3) is 0.500. The molecule has 150 valence electrons. The summed E-state index contributed by atoms with van der Waals surface area (Å²) in [6.07, 6.45) is -4.49. The fourth-order valence-corrected chi connectivity index (χ4v) is 2.87. The molecular weight excluding hydrogens is 361 g/mol. The number of H-pyrrole nitrogens is 1. The van der Waals surface area contributed by atoms with E-state index in [4.69, 9.17) is 9.47 Å². The van der Waals surface area contributed by atoms with E-state index < -0.39 is 11.7 Å². The van der Waals surface area contributed by atoms with Gasteiger partial charge in [0.15, 0.2) is 0 Å². The van der Waals surface area contributed by atoms with Crippen LogP contribution in [0, 0.1) is 6.92 Å². The molecule has 0 aliphatic heterocycles. The van der Waals surface area contributed by atoms with Crippen LogP contribution in [0.25, 0.3) is 11.3 Å². The van der Waals surface area contributed by atoms with Gasteiger partial charge < -0.3 is 20.1 Å². The number of halogens is 3. The summed E-state index contributed by atoms with van der Waals surface area (Å²) in [7, 11) is 5.11. The van der Waals surface area contributed by atoms with Gasteiger partial charge in [0.05, 0.1) is 23.6 Å². The van der Waals surface area contributed by atoms with E-state index in [9.17, 15) is 13.2 Å². The van der Waals surface area contributed by atoms with Crippen LogP contribution in [0.2, 0.25) is 0 Å². The maximum atomic E-state index is 13.4. The van der Waals surface area contributed by atoms with Gasteiger partial charge in [-0.25, -0.2) is 0 Å². The lowest BCUT2D eigenvalue weighted by Gasteiger charge is -2.18. The topological polar surface area (TPSA) is 71.2 Å². The van der Waals surface area contributed by atoms with Gasteiger partial charge in [0.25, 0.3) is 0 Å². The number of aromatic amines is 1. The van der Waals surface area contributed by atoms with E-state index in [2.05, 4.69) is 20.8 Å². The molecule has 1 atom stereocenters. The summed E-state index contributed by atoms with van der Waals surface area (Å²) in [4.78, 5) is 0. The molecule has 0 saturated heterocycles. The highest BCUT2D eigenvalue weighted by Crippen LogP contribution is 2.37. The Morgan fingerprint density at radius 2 is 1.93 bits per heavy atom. The van der Waals surface area contributed by atoms with Crippen molar-refractivity contribution in [2.24, 2.45) is 0 Å². The lowest BCUT2D eigenvalue weighted by atomic mass is 9.98. The Hall–Kier alpha value is -2.10. The Labute approximate surface area is 156 Å². The van der Waals surface area contributed by atoms with Gasteiger partial charge in [-0.15, -0.1) is 0 Å². The van der Waals surface area contributed by atoms with Crippen LogP contribution in [0.3, 0.4) is 0 Å². The first-order valence-corrected chi connectivity index (χ1v) is 8.53. The Balaban J connectivity index is 2.52. The quantitative estimate of drug-likeness (QED) is 0.578. The maximum Gasteiger partial charge on any atom is 0.416 e. The molecule has 0 spiro atoms. The molecule has 3 N–H and O–H groups in total. The van der Waals surface area contributed by atoms with Crippen LogP contribution < -0.4 is 15.4 Å². The number of hydrogen-bond donors (Lipinski definition) is 3. The summed E-state index contributed by atoms with van der Waals surface area (Å²) in [5, 5.41) is 13.3. The van der Waals surface area contributed by atoms with Gasteiger partial charge in [0, 0.05) is 30.8 Å². The number of nitrogens with zero attached hydrogens (tertiary/aromatic N) is 1. The minimum Gasteiger partial charge on any atom is -0.491 e. The molecule has 1 aromatic heterocycles. The number of ether oxygens (including phenoxy) is 2. The van der Waals surface area contributed by atoms with Gasteiger partial charge in [-0.05, 0) is 39.2 Å². The van der Waals surface area contributed by atoms with E-state index in [1.807, 2.05) is 14.0 Å². The zero-order valence-electron chi connectivity index (χ0n) is 15.8. The minimum atomic E-state index is -4.49. The van der Waals surface area contributed by atoms with E-state index in [1.54, 1.807) is 13.1 Å². The maximum absolute atomic E-state index is 13.4. The third kappa shape index (κ3) is 5.21. The van der Waals surface area contributed by atoms with E-state index in [1.165, 1.54) is 7.11 Å². The molecule has 0 radical (unpaired) electrons. The van der Waals surface area contributed by atoms with Crippen LogP contribution in [0.15, 0.2) is 18.2 Å². The minimum absolute atomic E-state index is 0.115. The van der Waals surface area contributed by atoms with Crippen LogP contribution in [-0.4, -0.2) is 51.2 Å². The standard InChI is InChI=1S/C18H25F3N4O2/c1-11-16(15(23-3)10-22-2)17(25-24-11)12-7-13(18(19,20)21)9-14(8-12)27-6-5-26-4/h7-9,15,22-23H,5-6,10H2,1-4H3,(H,24,25). The second-order valence-electron chi connectivity index (χ2n) is 6.08. The monoisotopic (exact) mass is 386 g/mol. The van der Waals surface area contributed by atoms with E-state index in [-0.39, 0.29) is 25.0 Å². The van der Waals surface area contributed by atoms with Crippen molar-refractivity contribution in [1.29, 1.82) is 0 Å². The third-order valence-corrected chi connectivity index (χ3v) is 4.18. The van der Waals surface area contributed by atoms with Crippen molar-refractivity contribution < 1.29 is 22.6 Å². The van der Waals surface area contributed by atoms with Crippen LogP contribution in [0.5, 0.6) is 5.75 Å². The summed E-state index contributed by atoms with van der Waals surface area (Å²) in [6, 6.07) is 3.56. The van der Waals surface area contributed by atoms with Crippen LogP contribution >= 0.6 is 0 Å². The van der Waals surface area contributed by atoms with Gasteiger partial charge in [0.1, 0.15) is 12.4 Å². The molecule has 0 bridgehead atoms. The predicted octanol–water partition coefficient (Wildman–Crippen LogP) is 2.91. The van der Waals surface area contributed by atoms with Crippen LogP contribution in [-0.2, 0) is 10.9 Å². The first kappa shape index (κ1) is 21.2. The second-order valence-corrected chi connectivity index (χ2v) is 6.08. The smallest absolute Gasteiger partial charge is 0.416 e. The number of alkyl halides is 3. The Kier molecular flexibility index (Phi) is 7.23. The van der Waals surface area contributed by atoms with E-state index >= 15 is 0 Å². The van der Waals surface area contributed by atoms with Crippen molar-refractivity contribution in [2.45, 2.75) is 19.1 Å². The number of benzene rings is 1. The number of hydrogen-bond acceptors (Lipinski definition) is 5. The SMILES string of the molecule is CNCC(NC)c1c(C)n[nH]c1-c1cc(OCCOC)cc(C(F)(F)F)c1. The van der Waals surface area contributed by atoms with Crippen molar-refractivity contribution in [3.05, 3.63) is 35.0 Å². The zero-order valence-corrected chi connectivity index (χ0v) is 15.8. The Morgan fingerprint density at radius 3 is 2.52 bits per heavy atom. The highest BCUT2D eigenvalue weighted by molar-refractivity contribution is 5.67. The predicted molar refractivity (Wildman–Crippen MR) is 96.9 cm³/mol. The van der Waals surface area contributed by atoms with Crippen molar-refractivity contribution in [2.75, 3.05) is 41.0 Å². The summed E-state index contributed by atoms with van der Waals surface area (Å²) in [6.45, 7) is 2.86. The normalized spacial score (nSPS) is 13.0. The first-order chi connectivity index (χ1) is 12.8. The van der Waals surface area contributed by atoms with Crippen LogP contribution in [0.1, 0.15) is 22.9 Å². The highest BCUT2D eigenvalue weighted by Gasteiger charge is 2.32. The van der Waals surface area contributed by atoms with Crippen molar-refractivity contribution in [1.82, 2.24) is 20.8 Å². The van der Waals surface area contributed by atoms with Crippen molar-refractivity contribution in [3.8, 4) is 17.0 Å². The molecule has 0 amide bonds. The summed E-state index contributed by atoms with van der Waals surface area (Å²) in [5.74, 6) is 0.129. The van der Waals surface area contributed by atoms with Gasteiger partial charge in [-0.3, -0.25) is 5.10 Å². The lowest BCUT2D eigenvalue weighted by Crippen LogP contribution is -2.28. The van der Waals surface area contributed by atoms with Crippen molar-refractivity contribution >= 4 is 0 Å². The Morgan fingerprint density at radius 1 is 1.19 bits per heavy atom. The number of likely N-dealkylation sites (N-methyl/N-ethyl adjacent to an activating group) is 2. The average molecular weight is 386 g/mol. The summed E-state index contributed by atoms with van der Waals surface area (Å²) in [5.41, 5.74) is 1.65. The fourth-order valence-electron chi connectivity index (χ4n) is 2.87. The zero-order chi connectivity index (χ0) is 20.0. The molecule has 1 heterocycles. The summed E-state index contributed by atoms with van der Waals surface area (Å²) >= 11 is 0. The van der Waals surface area contributed by atoms with Gasteiger partial charge in [0.2, 0.25) is 0 Å². The number of methoxy groups -OCH3 is 1. The Bertz CT molecular complexity index is 747. The molecule has 6 nitrogen and oxygen atoms in total. The number of rotatable bonds is 9. The number of aryl methyl sites for hydroxylation is 1. The van der Waals surface area contributed by atoms with Crippen molar-refractivity contribution in [3.63, 3.8) is 0 Å². The highest BCUT2D eigenvalue weighted by atomic mass is 19.4. The van der Waals surface area contributed by atoms with E-state index in [0.29, 0.717) is 17.8 Å². The third-order valence-electron chi connectivity index (χ3n) is 4.18. The molecule has 27 heavy (non-hydrogen) atoms. The van der Waals surface area contributed by atoms with Gasteiger partial charge in [-0.1, -0.05) is 0 Å². The van der Waals surface area contributed by atoms with Crippen LogP contribution in [0.4, 0.5) is 13.2 Å². The first-order valence-electron chi connectivity index (χ1n) is 8.53.